The lowest BCUT2D eigenvalue weighted by atomic mass is 9.87. The van der Waals surface area contributed by atoms with Crippen molar-refractivity contribution in [3.8, 4) is 0 Å². The average molecular weight is 358 g/mol. The summed E-state index contributed by atoms with van der Waals surface area (Å²) >= 11 is 0. The van der Waals surface area contributed by atoms with Crippen LogP contribution in [0.25, 0.3) is 0 Å². The maximum absolute atomic E-state index is 12.9. The second-order valence-corrected chi connectivity index (χ2v) is 9.33. The molecule has 0 aromatic heterocycles. The van der Waals surface area contributed by atoms with Gasteiger partial charge in [-0.1, -0.05) is 39.0 Å². The zero-order chi connectivity index (χ0) is 18.4. The van der Waals surface area contributed by atoms with E-state index in [0.717, 1.165) is 16.7 Å². The number of rotatable bonds is 3. The Balaban J connectivity index is 1.88. The molecule has 0 saturated carbocycles. The summed E-state index contributed by atoms with van der Waals surface area (Å²) in [6, 6.07) is 12.1. The third kappa shape index (κ3) is 3.32. The monoisotopic (exact) mass is 358 g/mol. The maximum atomic E-state index is 12.9. The van der Waals surface area contributed by atoms with Crippen molar-refractivity contribution in [1.29, 1.82) is 0 Å². The quantitative estimate of drug-likeness (QED) is 0.916. The van der Waals surface area contributed by atoms with Crippen LogP contribution in [-0.4, -0.2) is 18.6 Å². The minimum atomic E-state index is -3.58. The van der Waals surface area contributed by atoms with Crippen molar-refractivity contribution in [2.24, 2.45) is 5.73 Å². The van der Waals surface area contributed by atoms with Gasteiger partial charge in [-0.2, -0.15) is 4.31 Å². The molecule has 1 aliphatic rings. The van der Waals surface area contributed by atoms with Crippen molar-refractivity contribution < 1.29 is 13.2 Å². The molecule has 0 bridgehead atoms. The third-order valence-corrected chi connectivity index (χ3v) is 6.35. The molecule has 1 amide bonds. The van der Waals surface area contributed by atoms with Crippen LogP contribution in [0.15, 0.2) is 47.4 Å². The Labute approximate surface area is 148 Å². The summed E-state index contributed by atoms with van der Waals surface area (Å²) in [6.07, 6.45) is 0. The molecule has 25 heavy (non-hydrogen) atoms. The van der Waals surface area contributed by atoms with E-state index >= 15 is 0 Å². The number of nitrogens with zero attached hydrogens (tertiary/aromatic N) is 1. The first-order valence-corrected chi connectivity index (χ1v) is 9.55. The molecule has 0 atom stereocenters. The van der Waals surface area contributed by atoms with E-state index in [9.17, 15) is 13.2 Å². The number of fused-ring (bicyclic) bond motifs is 1. The van der Waals surface area contributed by atoms with E-state index in [2.05, 4.69) is 20.8 Å². The van der Waals surface area contributed by atoms with E-state index in [1.165, 1.54) is 4.31 Å². The highest BCUT2D eigenvalue weighted by Crippen LogP contribution is 2.30. The van der Waals surface area contributed by atoms with E-state index in [0.29, 0.717) is 12.1 Å². The number of primary amides is 1. The molecule has 5 nitrogen and oxygen atoms in total. The lowest BCUT2D eigenvalue weighted by Gasteiger charge is -2.20. The molecule has 2 aromatic carbocycles. The molecule has 3 rings (SSSR count). The normalized spacial score (nSPS) is 15.2. The summed E-state index contributed by atoms with van der Waals surface area (Å²) in [6.45, 7) is 6.81. The van der Waals surface area contributed by atoms with Crippen molar-refractivity contribution in [1.82, 2.24) is 4.31 Å². The van der Waals surface area contributed by atoms with Crippen LogP contribution < -0.4 is 5.73 Å². The maximum Gasteiger partial charge on any atom is 0.248 e. The fraction of sp³-hybridized carbons (Fsp3) is 0.316. The molecule has 132 valence electrons. The van der Waals surface area contributed by atoms with E-state index in [-0.39, 0.29) is 16.9 Å². The largest absolute Gasteiger partial charge is 0.366 e. The zero-order valence-electron chi connectivity index (χ0n) is 14.6. The van der Waals surface area contributed by atoms with Crippen molar-refractivity contribution in [3.63, 3.8) is 0 Å². The van der Waals surface area contributed by atoms with E-state index in [1.54, 1.807) is 30.3 Å². The van der Waals surface area contributed by atoms with Gasteiger partial charge >= 0.3 is 0 Å². The summed E-state index contributed by atoms with van der Waals surface area (Å²) in [7, 11) is -3.58. The van der Waals surface area contributed by atoms with Gasteiger partial charge < -0.3 is 5.73 Å². The van der Waals surface area contributed by atoms with E-state index < -0.39 is 15.9 Å². The first kappa shape index (κ1) is 17.6. The molecule has 0 unspecified atom stereocenters. The predicted octanol–water partition coefficient (Wildman–Crippen LogP) is 2.79. The number of hydrogen-bond donors (Lipinski definition) is 1. The van der Waals surface area contributed by atoms with Gasteiger partial charge in [0.25, 0.3) is 0 Å². The molecular formula is C19H22N2O3S. The number of amides is 1. The highest BCUT2D eigenvalue weighted by molar-refractivity contribution is 7.89. The smallest absolute Gasteiger partial charge is 0.248 e. The summed E-state index contributed by atoms with van der Waals surface area (Å²) in [5.41, 5.74) is 8.48. The first-order valence-electron chi connectivity index (χ1n) is 8.11. The van der Waals surface area contributed by atoms with Crippen LogP contribution in [0.5, 0.6) is 0 Å². The van der Waals surface area contributed by atoms with Gasteiger partial charge in [-0.05, 0) is 46.4 Å². The van der Waals surface area contributed by atoms with Gasteiger partial charge in [0.05, 0.1) is 4.90 Å². The number of sulfonamides is 1. The van der Waals surface area contributed by atoms with Gasteiger partial charge in [0.2, 0.25) is 15.9 Å². The lowest BCUT2D eigenvalue weighted by Crippen LogP contribution is -2.25. The van der Waals surface area contributed by atoms with Crippen LogP contribution >= 0.6 is 0 Å². The summed E-state index contributed by atoms with van der Waals surface area (Å²) in [5, 5.41) is 0. The Morgan fingerprint density at radius 3 is 2.16 bits per heavy atom. The summed E-state index contributed by atoms with van der Waals surface area (Å²) < 4.78 is 27.3. The Bertz CT molecular complexity index is 926. The number of benzene rings is 2. The average Bonchev–Trinajstić information content (AvgIpc) is 2.98. The highest BCUT2D eigenvalue weighted by atomic mass is 32.2. The zero-order valence-corrected chi connectivity index (χ0v) is 15.4. The summed E-state index contributed by atoms with van der Waals surface area (Å²) in [5.74, 6) is -0.512. The predicted molar refractivity (Wildman–Crippen MR) is 96.5 cm³/mol. The fourth-order valence-electron chi connectivity index (χ4n) is 2.96. The van der Waals surface area contributed by atoms with Crippen molar-refractivity contribution in [3.05, 3.63) is 64.7 Å². The number of carbonyl (C=O) groups is 1. The minimum Gasteiger partial charge on any atom is -0.366 e. The van der Waals surface area contributed by atoms with Crippen LogP contribution in [0.4, 0.5) is 0 Å². The molecule has 6 heteroatoms. The molecule has 0 fully saturated rings. The Kier molecular flexibility index (Phi) is 4.21. The number of nitrogens with two attached hydrogens (primary N) is 1. The van der Waals surface area contributed by atoms with Crippen LogP contribution in [-0.2, 0) is 28.5 Å². The van der Waals surface area contributed by atoms with Crippen LogP contribution in [0.2, 0.25) is 0 Å². The van der Waals surface area contributed by atoms with Gasteiger partial charge in [0, 0.05) is 18.7 Å². The first-order chi connectivity index (χ1) is 11.6. The second-order valence-electron chi connectivity index (χ2n) is 7.40. The Morgan fingerprint density at radius 1 is 1.00 bits per heavy atom. The van der Waals surface area contributed by atoms with Gasteiger partial charge in [-0.15, -0.1) is 0 Å². The molecule has 0 saturated heterocycles. The standard InChI is InChI=1S/C19H22N2O3S/c1-19(2,3)16-6-8-17(9-7-16)25(23,24)21-11-14-5-4-13(18(20)22)10-15(14)12-21/h4-10H,11-12H2,1-3H3,(H2,20,22). The molecule has 1 heterocycles. The lowest BCUT2D eigenvalue weighted by molar-refractivity contribution is 0.1000. The molecular weight excluding hydrogens is 336 g/mol. The molecule has 0 radical (unpaired) electrons. The second kappa shape index (κ2) is 5.97. The van der Waals surface area contributed by atoms with Gasteiger partial charge in [0.15, 0.2) is 0 Å². The van der Waals surface area contributed by atoms with Crippen LogP contribution in [0.1, 0.15) is 47.8 Å². The van der Waals surface area contributed by atoms with Crippen LogP contribution in [0.3, 0.4) is 0 Å². The molecule has 1 aliphatic heterocycles. The minimum absolute atomic E-state index is 0.0304. The van der Waals surface area contributed by atoms with E-state index in [4.69, 9.17) is 5.73 Å². The highest BCUT2D eigenvalue weighted by Gasteiger charge is 2.31. The van der Waals surface area contributed by atoms with Crippen molar-refractivity contribution >= 4 is 15.9 Å². The van der Waals surface area contributed by atoms with Crippen LogP contribution in [0, 0.1) is 0 Å². The van der Waals surface area contributed by atoms with E-state index in [1.807, 2.05) is 12.1 Å². The molecule has 2 N–H and O–H groups in total. The number of carbonyl (C=O) groups excluding carboxylic acids is 1. The Hall–Kier alpha value is -2.18. The SMILES string of the molecule is CC(C)(C)c1ccc(S(=O)(=O)N2Cc3ccc(C(N)=O)cc3C2)cc1. The van der Waals surface area contributed by atoms with Gasteiger partial charge in [0.1, 0.15) is 0 Å². The number of hydrogen-bond acceptors (Lipinski definition) is 3. The topological polar surface area (TPSA) is 80.5 Å². The Morgan fingerprint density at radius 2 is 1.60 bits per heavy atom. The molecule has 0 aliphatic carbocycles. The molecule has 0 spiro atoms. The van der Waals surface area contributed by atoms with Crippen molar-refractivity contribution in [2.75, 3.05) is 0 Å². The van der Waals surface area contributed by atoms with Gasteiger partial charge in [-0.25, -0.2) is 8.42 Å². The molecule has 2 aromatic rings. The fourth-order valence-corrected chi connectivity index (χ4v) is 4.36. The van der Waals surface area contributed by atoms with Crippen molar-refractivity contribution in [2.45, 2.75) is 44.2 Å². The summed E-state index contributed by atoms with van der Waals surface area (Å²) in [4.78, 5) is 11.6. The van der Waals surface area contributed by atoms with Gasteiger partial charge in [-0.3, -0.25) is 4.79 Å². The third-order valence-electron chi connectivity index (χ3n) is 4.54.